The van der Waals surface area contributed by atoms with E-state index < -0.39 is 0 Å². The maximum absolute atomic E-state index is 13.4. The number of benzene rings is 1. The molecule has 2 aromatic rings. The first kappa shape index (κ1) is 11.2. The number of nitrogens with zero attached hydrogens (tertiary/aromatic N) is 1. The van der Waals surface area contributed by atoms with E-state index in [1.165, 1.54) is 6.07 Å². The molecule has 1 aromatic carbocycles. The largest absolute Gasteiger partial charge is 0.341 e. The van der Waals surface area contributed by atoms with Gasteiger partial charge in [-0.15, -0.1) is 0 Å². The average Bonchev–Trinajstić information content (AvgIpc) is 2.85. The van der Waals surface area contributed by atoms with Crippen LogP contribution in [0.2, 0.25) is 0 Å². The molecule has 2 N–H and O–H groups in total. The second-order valence-corrected chi connectivity index (χ2v) is 5.46. The number of hydrogen-bond donors (Lipinski definition) is 2. The zero-order chi connectivity index (χ0) is 12.0. The van der Waals surface area contributed by atoms with Gasteiger partial charge in [0.1, 0.15) is 11.6 Å². The summed E-state index contributed by atoms with van der Waals surface area (Å²) >= 11 is 3.18. The molecular formula is C12H13BrFN3. The minimum absolute atomic E-state index is 0.254. The van der Waals surface area contributed by atoms with Crippen molar-refractivity contribution < 1.29 is 4.39 Å². The van der Waals surface area contributed by atoms with Gasteiger partial charge >= 0.3 is 0 Å². The summed E-state index contributed by atoms with van der Waals surface area (Å²) in [7, 11) is 0. The van der Waals surface area contributed by atoms with Gasteiger partial charge in [-0.25, -0.2) is 9.37 Å². The normalized spacial score (nSPS) is 24.6. The van der Waals surface area contributed by atoms with Gasteiger partial charge in [-0.05, 0) is 40.9 Å². The van der Waals surface area contributed by atoms with Crippen molar-refractivity contribution >= 4 is 27.0 Å². The molecule has 2 unspecified atom stereocenters. The van der Waals surface area contributed by atoms with Gasteiger partial charge < -0.3 is 10.3 Å². The molecule has 2 atom stereocenters. The molecule has 0 radical (unpaired) electrons. The summed E-state index contributed by atoms with van der Waals surface area (Å²) < 4.78 is 13.9. The first-order valence-electron chi connectivity index (χ1n) is 5.73. The minimum atomic E-state index is -0.264. The van der Waals surface area contributed by atoms with Gasteiger partial charge in [0.25, 0.3) is 0 Å². The summed E-state index contributed by atoms with van der Waals surface area (Å²) in [6.07, 6.45) is 1.15. The van der Waals surface area contributed by atoms with Crippen molar-refractivity contribution in [2.45, 2.75) is 19.4 Å². The van der Waals surface area contributed by atoms with E-state index in [0.29, 0.717) is 10.4 Å². The van der Waals surface area contributed by atoms with E-state index in [1.54, 1.807) is 6.07 Å². The van der Waals surface area contributed by atoms with Crippen LogP contribution in [-0.4, -0.2) is 16.5 Å². The van der Waals surface area contributed by atoms with Gasteiger partial charge in [0, 0.05) is 6.07 Å². The Bertz CT molecular complexity index is 527. The van der Waals surface area contributed by atoms with Crippen molar-refractivity contribution in [2.24, 2.45) is 5.92 Å². The van der Waals surface area contributed by atoms with Gasteiger partial charge in [-0.2, -0.15) is 0 Å². The van der Waals surface area contributed by atoms with Gasteiger partial charge in [0.05, 0.1) is 21.5 Å². The Kier molecular flexibility index (Phi) is 2.67. The fourth-order valence-corrected chi connectivity index (χ4v) is 2.70. The lowest BCUT2D eigenvalue weighted by molar-refractivity contribution is 0.484. The van der Waals surface area contributed by atoms with E-state index >= 15 is 0 Å². The van der Waals surface area contributed by atoms with E-state index in [1.807, 2.05) is 0 Å². The van der Waals surface area contributed by atoms with Gasteiger partial charge in [0.15, 0.2) is 0 Å². The summed E-state index contributed by atoms with van der Waals surface area (Å²) in [6.45, 7) is 3.22. The third-order valence-electron chi connectivity index (χ3n) is 3.37. The molecule has 0 saturated carbocycles. The number of halogens is 2. The molecule has 0 spiro atoms. The van der Waals surface area contributed by atoms with E-state index in [0.717, 1.165) is 29.8 Å². The molecule has 1 aromatic heterocycles. The molecule has 3 nitrogen and oxygen atoms in total. The molecule has 17 heavy (non-hydrogen) atoms. The number of hydrogen-bond acceptors (Lipinski definition) is 2. The predicted octanol–water partition coefficient (Wildman–Crippen LogP) is 3.14. The Hall–Kier alpha value is -0.940. The highest BCUT2D eigenvalue weighted by Gasteiger charge is 2.27. The molecule has 5 heteroatoms. The first-order valence-corrected chi connectivity index (χ1v) is 6.52. The van der Waals surface area contributed by atoms with Crippen molar-refractivity contribution in [1.29, 1.82) is 0 Å². The van der Waals surface area contributed by atoms with Crippen LogP contribution in [0.3, 0.4) is 0 Å². The van der Waals surface area contributed by atoms with Crippen molar-refractivity contribution in [1.82, 2.24) is 15.3 Å². The Morgan fingerprint density at radius 2 is 2.29 bits per heavy atom. The number of H-pyrrole nitrogens is 1. The van der Waals surface area contributed by atoms with Crippen LogP contribution >= 0.6 is 15.9 Å². The number of aromatic amines is 1. The Labute approximate surface area is 107 Å². The molecule has 0 bridgehead atoms. The summed E-state index contributed by atoms with van der Waals surface area (Å²) in [4.78, 5) is 7.73. The van der Waals surface area contributed by atoms with Crippen molar-refractivity contribution in [3.63, 3.8) is 0 Å². The van der Waals surface area contributed by atoms with E-state index in [4.69, 9.17) is 0 Å². The van der Waals surface area contributed by atoms with Crippen molar-refractivity contribution in [3.05, 3.63) is 28.2 Å². The van der Waals surface area contributed by atoms with Crippen LogP contribution in [-0.2, 0) is 0 Å². The van der Waals surface area contributed by atoms with Crippen LogP contribution in [0.1, 0.15) is 25.2 Å². The topological polar surface area (TPSA) is 40.7 Å². The molecule has 1 saturated heterocycles. The second kappa shape index (κ2) is 4.07. The number of imidazole rings is 1. The number of aromatic nitrogens is 2. The van der Waals surface area contributed by atoms with Crippen molar-refractivity contribution in [2.75, 3.05) is 6.54 Å². The monoisotopic (exact) mass is 297 g/mol. The highest BCUT2D eigenvalue weighted by Crippen LogP contribution is 2.29. The zero-order valence-corrected chi connectivity index (χ0v) is 11.0. The fraction of sp³-hybridized carbons (Fsp3) is 0.417. The predicted molar refractivity (Wildman–Crippen MR) is 68.3 cm³/mol. The highest BCUT2D eigenvalue weighted by atomic mass is 79.9. The smallest absolute Gasteiger partial charge is 0.139 e. The molecule has 1 fully saturated rings. The summed E-state index contributed by atoms with van der Waals surface area (Å²) in [6, 6.07) is 3.45. The van der Waals surface area contributed by atoms with Gasteiger partial charge in [0.2, 0.25) is 0 Å². The fourth-order valence-electron chi connectivity index (χ4n) is 2.37. The Balaban J connectivity index is 2.07. The van der Waals surface area contributed by atoms with Crippen LogP contribution < -0.4 is 5.32 Å². The quantitative estimate of drug-likeness (QED) is 0.849. The number of rotatable bonds is 1. The van der Waals surface area contributed by atoms with Crippen LogP contribution in [0.25, 0.3) is 11.0 Å². The molecule has 1 aliphatic rings. The lowest BCUT2D eigenvalue weighted by Crippen LogP contribution is -2.17. The molecule has 2 heterocycles. The third kappa shape index (κ3) is 1.87. The highest BCUT2D eigenvalue weighted by molar-refractivity contribution is 9.10. The molecule has 3 rings (SSSR count). The number of fused-ring (bicyclic) bond motifs is 1. The Morgan fingerprint density at radius 1 is 1.47 bits per heavy atom. The summed E-state index contributed by atoms with van der Waals surface area (Å²) in [5.74, 6) is 1.20. The van der Waals surface area contributed by atoms with Gasteiger partial charge in [-0.3, -0.25) is 0 Å². The number of nitrogens with one attached hydrogen (secondary N) is 2. The second-order valence-electron chi connectivity index (χ2n) is 4.60. The maximum atomic E-state index is 13.4. The van der Waals surface area contributed by atoms with E-state index in [2.05, 4.69) is 38.1 Å². The molecular weight excluding hydrogens is 285 g/mol. The van der Waals surface area contributed by atoms with E-state index in [9.17, 15) is 4.39 Å². The van der Waals surface area contributed by atoms with Gasteiger partial charge in [-0.1, -0.05) is 6.92 Å². The summed E-state index contributed by atoms with van der Waals surface area (Å²) in [5, 5.41) is 3.41. The first-order chi connectivity index (χ1) is 8.15. The SMILES string of the molecule is CC1CCNC1c1nc2cc(Br)c(F)cc2[nH]1. The molecule has 0 aliphatic carbocycles. The van der Waals surface area contributed by atoms with Crippen molar-refractivity contribution in [3.8, 4) is 0 Å². The maximum Gasteiger partial charge on any atom is 0.139 e. The average molecular weight is 298 g/mol. The lowest BCUT2D eigenvalue weighted by atomic mass is 10.0. The molecule has 90 valence electrons. The minimum Gasteiger partial charge on any atom is -0.341 e. The zero-order valence-electron chi connectivity index (χ0n) is 9.43. The van der Waals surface area contributed by atoms with Crippen LogP contribution in [0.15, 0.2) is 16.6 Å². The third-order valence-corrected chi connectivity index (χ3v) is 3.98. The van der Waals surface area contributed by atoms with Crippen LogP contribution in [0.5, 0.6) is 0 Å². The molecule has 1 aliphatic heterocycles. The summed E-state index contributed by atoms with van der Waals surface area (Å²) in [5.41, 5.74) is 1.55. The standard InChI is InChI=1S/C12H13BrFN3/c1-6-2-3-15-11(6)12-16-9-4-7(13)8(14)5-10(9)17-12/h4-6,11,15H,2-3H2,1H3,(H,16,17). The van der Waals surface area contributed by atoms with E-state index in [-0.39, 0.29) is 11.9 Å². The molecule has 0 amide bonds. The van der Waals surface area contributed by atoms with Crippen LogP contribution in [0, 0.1) is 11.7 Å². The lowest BCUT2D eigenvalue weighted by Gasteiger charge is -2.11. The van der Waals surface area contributed by atoms with Crippen LogP contribution in [0.4, 0.5) is 4.39 Å². The Morgan fingerprint density at radius 3 is 3.00 bits per heavy atom.